The van der Waals surface area contributed by atoms with E-state index in [-0.39, 0.29) is 6.42 Å². The maximum Gasteiger partial charge on any atom is 0.323 e. The van der Waals surface area contributed by atoms with Crippen LogP contribution in [0.4, 0.5) is 0 Å². The van der Waals surface area contributed by atoms with Crippen molar-refractivity contribution in [3.8, 4) is 11.5 Å². The highest BCUT2D eigenvalue weighted by molar-refractivity contribution is 5.75. The Morgan fingerprint density at radius 3 is 2.83 bits per heavy atom. The van der Waals surface area contributed by atoms with E-state index in [1.807, 2.05) is 30.3 Å². The van der Waals surface area contributed by atoms with Crippen LogP contribution in [0, 0.1) is 0 Å². The van der Waals surface area contributed by atoms with Gasteiger partial charge in [0.2, 0.25) is 0 Å². The van der Waals surface area contributed by atoms with Gasteiger partial charge in [-0.15, -0.1) is 0 Å². The molecule has 0 bridgehead atoms. The number of ether oxygens (including phenoxy) is 1. The third kappa shape index (κ3) is 2.72. The van der Waals surface area contributed by atoms with Crippen molar-refractivity contribution in [3.05, 3.63) is 36.2 Å². The number of carbonyl (C=O) groups excluding carboxylic acids is 1. The molecule has 1 atom stereocenters. The van der Waals surface area contributed by atoms with E-state index in [0.717, 1.165) is 5.56 Å². The van der Waals surface area contributed by atoms with E-state index in [1.54, 1.807) is 0 Å². The molecule has 0 radical (unpaired) electrons. The van der Waals surface area contributed by atoms with E-state index >= 15 is 0 Å². The summed E-state index contributed by atoms with van der Waals surface area (Å²) < 4.78 is 9.62. The van der Waals surface area contributed by atoms with Gasteiger partial charge >= 0.3 is 5.97 Å². The average Bonchev–Trinajstić information content (AvgIpc) is 2.87. The standard InChI is InChI=1S/C12H13N3O3/c1-17-12(16)9(13)7-10-14-11(18-15-10)8-5-3-2-4-6-8/h2-6,9H,7,13H2,1H3/t9-/m0/s1. The minimum Gasteiger partial charge on any atom is -0.468 e. The first kappa shape index (κ1) is 12.3. The molecule has 6 nitrogen and oxygen atoms in total. The van der Waals surface area contributed by atoms with Crippen molar-refractivity contribution in [1.29, 1.82) is 0 Å². The van der Waals surface area contributed by atoms with Gasteiger partial charge in [-0.2, -0.15) is 4.98 Å². The number of nitrogens with two attached hydrogens (primary N) is 1. The molecular formula is C12H13N3O3. The summed E-state index contributed by atoms with van der Waals surface area (Å²) >= 11 is 0. The fourth-order valence-electron chi connectivity index (χ4n) is 1.47. The lowest BCUT2D eigenvalue weighted by Gasteiger charge is -2.04. The molecule has 0 saturated carbocycles. The number of methoxy groups -OCH3 is 1. The molecule has 0 amide bonds. The normalized spacial score (nSPS) is 12.1. The fraction of sp³-hybridized carbons (Fsp3) is 0.250. The summed E-state index contributed by atoms with van der Waals surface area (Å²) in [5, 5.41) is 3.78. The fourth-order valence-corrected chi connectivity index (χ4v) is 1.47. The molecular weight excluding hydrogens is 234 g/mol. The van der Waals surface area contributed by atoms with Crippen LogP contribution in [0.15, 0.2) is 34.9 Å². The highest BCUT2D eigenvalue weighted by Gasteiger charge is 2.18. The van der Waals surface area contributed by atoms with E-state index in [2.05, 4.69) is 14.9 Å². The van der Waals surface area contributed by atoms with Crippen molar-refractivity contribution < 1.29 is 14.1 Å². The predicted octanol–water partition coefficient (Wildman–Crippen LogP) is 0.779. The largest absolute Gasteiger partial charge is 0.468 e. The van der Waals surface area contributed by atoms with Crippen LogP contribution >= 0.6 is 0 Å². The van der Waals surface area contributed by atoms with Crippen molar-refractivity contribution in [2.24, 2.45) is 5.73 Å². The second-order valence-electron chi connectivity index (χ2n) is 3.72. The van der Waals surface area contributed by atoms with Crippen molar-refractivity contribution in [2.45, 2.75) is 12.5 Å². The maximum absolute atomic E-state index is 11.2. The molecule has 94 valence electrons. The third-order valence-electron chi connectivity index (χ3n) is 2.40. The molecule has 18 heavy (non-hydrogen) atoms. The summed E-state index contributed by atoms with van der Waals surface area (Å²) in [7, 11) is 1.29. The number of esters is 1. The van der Waals surface area contributed by atoms with Crippen LogP contribution in [-0.4, -0.2) is 29.3 Å². The summed E-state index contributed by atoms with van der Waals surface area (Å²) in [6, 6.07) is 8.58. The summed E-state index contributed by atoms with van der Waals surface area (Å²) in [6.07, 6.45) is 0.184. The highest BCUT2D eigenvalue weighted by atomic mass is 16.5. The van der Waals surface area contributed by atoms with Crippen molar-refractivity contribution in [3.63, 3.8) is 0 Å². The molecule has 1 heterocycles. The second-order valence-corrected chi connectivity index (χ2v) is 3.72. The molecule has 0 aliphatic rings. The van der Waals surface area contributed by atoms with Crippen molar-refractivity contribution in [1.82, 2.24) is 10.1 Å². The number of benzene rings is 1. The minimum atomic E-state index is -0.781. The molecule has 0 aliphatic heterocycles. The number of rotatable bonds is 4. The summed E-state index contributed by atoms with van der Waals surface area (Å²) in [6.45, 7) is 0. The SMILES string of the molecule is COC(=O)[C@@H](N)Cc1noc(-c2ccccc2)n1. The van der Waals surface area contributed by atoms with Gasteiger partial charge in [-0.05, 0) is 12.1 Å². The zero-order valence-corrected chi connectivity index (χ0v) is 9.87. The Hall–Kier alpha value is -2.21. The van der Waals surface area contributed by atoms with Gasteiger partial charge in [-0.3, -0.25) is 4.79 Å². The van der Waals surface area contributed by atoms with E-state index in [0.29, 0.717) is 11.7 Å². The van der Waals surface area contributed by atoms with Gasteiger partial charge in [0.05, 0.1) is 7.11 Å². The van der Waals surface area contributed by atoms with Gasteiger partial charge in [-0.25, -0.2) is 0 Å². The predicted molar refractivity (Wildman–Crippen MR) is 63.4 cm³/mol. The van der Waals surface area contributed by atoms with Crippen LogP contribution in [0.5, 0.6) is 0 Å². The molecule has 0 fully saturated rings. The lowest BCUT2D eigenvalue weighted by Crippen LogP contribution is -2.33. The quantitative estimate of drug-likeness (QED) is 0.803. The monoisotopic (exact) mass is 247 g/mol. The lowest BCUT2D eigenvalue weighted by atomic mass is 10.2. The van der Waals surface area contributed by atoms with Gasteiger partial charge < -0.3 is 15.0 Å². The Bertz CT molecular complexity index is 524. The Morgan fingerprint density at radius 1 is 1.44 bits per heavy atom. The zero-order valence-electron chi connectivity index (χ0n) is 9.87. The molecule has 0 aliphatic carbocycles. The zero-order chi connectivity index (χ0) is 13.0. The Morgan fingerprint density at radius 2 is 2.17 bits per heavy atom. The van der Waals surface area contributed by atoms with Gasteiger partial charge in [-0.1, -0.05) is 23.4 Å². The molecule has 2 N–H and O–H groups in total. The van der Waals surface area contributed by atoms with Crippen LogP contribution in [-0.2, 0) is 16.0 Å². The first-order valence-corrected chi connectivity index (χ1v) is 5.42. The number of carbonyl (C=O) groups is 1. The number of hydrogen-bond acceptors (Lipinski definition) is 6. The van der Waals surface area contributed by atoms with Crippen LogP contribution in [0.3, 0.4) is 0 Å². The molecule has 0 unspecified atom stereocenters. The smallest absolute Gasteiger partial charge is 0.323 e. The Balaban J connectivity index is 2.09. The molecule has 0 saturated heterocycles. The van der Waals surface area contributed by atoms with Gasteiger partial charge in [0.15, 0.2) is 5.82 Å². The van der Waals surface area contributed by atoms with E-state index in [1.165, 1.54) is 7.11 Å². The number of nitrogens with zero attached hydrogens (tertiary/aromatic N) is 2. The first-order chi connectivity index (χ1) is 8.70. The van der Waals surface area contributed by atoms with Crippen molar-refractivity contribution in [2.75, 3.05) is 7.11 Å². The second kappa shape index (κ2) is 5.42. The minimum absolute atomic E-state index is 0.184. The molecule has 0 spiro atoms. The average molecular weight is 247 g/mol. The van der Waals surface area contributed by atoms with Gasteiger partial charge in [0, 0.05) is 12.0 Å². The lowest BCUT2D eigenvalue weighted by molar-refractivity contribution is -0.142. The van der Waals surface area contributed by atoms with E-state index < -0.39 is 12.0 Å². The van der Waals surface area contributed by atoms with Crippen LogP contribution < -0.4 is 5.73 Å². The van der Waals surface area contributed by atoms with E-state index in [9.17, 15) is 4.79 Å². The first-order valence-electron chi connectivity index (χ1n) is 5.42. The summed E-state index contributed by atoms with van der Waals surface area (Å²) in [4.78, 5) is 15.3. The van der Waals surface area contributed by atoms with Crippen LogP contribution in [0.1, 0.15) is 5.82 Å². The summed E-state index contributed by atoms with van der Waals surface area (Å²) in [5.74, 6) is 0.287. The van der Waals surface area contributed by atoms with Gasteiger partial charge in [0.25, 0.3) is 5.89 Å². The number of aromatic nitrogens is 2. The van der Waals surface area contributed by atoms with Crippen LogP contribution in [0.25, 0.3) is 11.5 Å². The molecule has 1 aromatic heterocycles. The van der Waals surface area contributed by atoms with Crippen LogP contribution in [0.2, 0.25) is 0 Å². The molecule has 1 aromatic carbocycles. The molecule has 2 aromatic rings. The maximum atomic E-state index is 11.2. The van der Waals surface area contributed by atoms with Gasteiger partial charge in [0.1, 0.15) is 6.04 Å². The highest BCUT2D eigenvalue weighted by Crippen LogP contribution is 2.16. The Labute approximate surface area is 104 Å². The third-order valence-corrected chi connectivity index (χ3v) is 2.40. The summed E-state index contributed by atoms with van der Waals surface area (Å²) in [5.41, 5.74) is 6.43. The molecule has 6 heteroatoms. The molecule has 2 rings (SSSR count). The topological polar surface area (TPSA) is 91.2 Å². The van der Waals surface area contributed by atoms with Crippen molar-refractivity contribution >= 4 is 5.97 Å². The Kier molecular flexibility index (Phi) is 3.69. The van der Waals surface area contributed by atoms with E-state index in [4.69, 9.17) is 10.3 Å². The number of hydrogen-bond donors (Lipinski definition) is 1.